The first kappa shape index (κ1) is 12.7. The lowest BCUT2D eigenvalue weighted by atomic mass is 10.4. The van der Waals surface area contributed by atoms with Crippen LogP contribution in [0.3, 0.4) is 0 Å². The van der Waals surface area contributed by atoms with E-state index in [1.165, 1.54) is 0 Å². The Bertz CT molecular complexity index is 132. The molecule has 0 aliphatic rings. The van der Waals surface area contributed by atoms with E-state index in [1.807, 2.05) is 39.0 Å². The van der Waals surface area contributed by atoms with Crippen molar-refractivity contribution in [3.05, 3.63) is 36.6 Å². The number of ether oxygens (including phenoxy) is 1. The van der Waals surface area contributed by atoms with Crippen molar-refractivity contribution in [3.8, 4) is 0 Å². The molecule has 0 aliphatic carbocycles. The van der Waals surface area contributed by atoms with Crippen LogP contribution in [0.2, 0.25) is 0 Å². The van der Waals surface area contributed by atoms with Gasteiger partial charge in [0.15, 0.2) is 0 Å². The molecule has 1 heteroatoms. The molecule has 0 saturated carbocycles. The standard InChI is InChI=1S/C8H12O.C2H6/c1-4-5-6-7-8(2)9-3;1-2/h4-7H,2H2,1,3H3;1-2H3/b5-4-,7-6-;. The summed E-state index contributed by atoms with van der Waals surface area (Å²) in [7, 11) is 1.60. The van der Waals surface area contributed by atoms with E-state index in [0.29, 0.717) is 5.76 Å². The van der Waals surface area contributed by atoms with Gasteiger partial charge in [0.2, 0.25) is 0 Å². The molecule has 0 aromatic rings. The Hall–Kier alpha value is -0.980. The van der Waals surface area contributed by atoms with Crippen molar-refractivity contribution in [3.63, 3.8) is 0 Å². The summed E-state index contributed by atoms with van der Waals surface area (Å²) in [5.74, 6) is 0.674. The molecule has 1 nitrogen and oxygen atoms in total. The van der Waals surface area contributed by atoms with Crippen molar-refractivity contribution in [1.29, 1.82) is 0 Å². The fraction of sp³-hybridized carbons (Fsp3) is 0.400. The van der Waals surface area contributed by atoms with Crippen molar-refractivity contribution < 1.29 is 4.74 Å². The van der Waals surface area contributed by atoms with Gasteiger partial charge in [0, 0.05) is 0 Å². The van der Waals surface area contributed by atoms with E-state index in [9.17, 15) is 0 Å². The molecule has 0 bridgehead atoms. The molecule has 0 aromatic carbocycles. The summed E-state index contributed by atoms with van der Waals surface area (Å²) in [6.07, 6.45) is 7.55. The quantitative estimate of drug-likeness (QED) is 0.447. The molecule has 64 valence electrons. The Balaban J connectivity index is 0. The molecule has 0 heterocycles. The third-order valence-corrected chi connectivity index (χ3v) is 0.848. The van der Waals surface area contributed by atoms with Crippen molar-refractivity contribution in [2.75, 3.05) is 7.11 Å². The van der Waals surface area contributed by atoms with Crippen LogP contribution in [0.15, 0.2) is 36.6 Å². The Kier molecular flexibility index (Phi) is 13.6. The van der Waals surface area contributed by atoms with Crippen LogP contribution in [0.25, 0.3) is 0 Å². The molecule has 0 aliphatic heterocycles. The highest BCUT2D eigenvalue weighted by Gasteiger charge is 1.75. The van der Waals surface area contributed by atoms with Crippen molar-refractivity contribution in [2.45, 2.75) is 20.8 Å². The first-order chi connectivity index (χ1) is 5.31. The fourth-order valence-corrected chi connectivity index (χ4v) is 0.342. The molecule has 11 heavy (non-hydrogen) atoms. The van der Waals surface area contributed by atoms with Crippen LogP contribution in [-0.2, 0) is 4.74 Å². The number of hydrogen-bond acceptors (Lipinski definition) is 1. The lowest BCUT2D eigenvalue weighted by molar-refractivity contribution is 0.309. The van der Waals surface area contributed by atoms with Crippen molar-refractivity contribution in [1.82, 2.24) is 0 Å². The van der Waals surface area contributed by atoms with E-state index in [1.54, 1.807) is 13.2 Å². The maximum atomic E-state index is 4.78. The van der Waals surface area contributed by atoms with E-state index in [-0.39, 0.29) is 0 Å². The molecule has 0 fully saturated rings. The molecule has 0 rings (SSSR count). The summed E-state index contributed by atoms with van der Waals surface area (Å²) in [4.78, 5) is 0. The summed E-state index contributed by atoms with van der Waals surface area (Å²) in [6, 6.07) is 0. The zero-order valence-corrected chi connectivity index (χ0v) is 7.92. The second-order valence-electron chi connectivity index (χ2n) is 1.56. The summed E-state index contributed by atoms with van der Waals surface area (Å²) < 4.78 is 4.78. The van der Waals surface area contributed by atoms with Crippen LogP contribution >= 0.6 is 0 Å². The molecule has 0 amide bonds. The van der Waals surface area contributed by atoms with Gasteiger partial charge in [0.25, 0.3) is 0 Å². The number of hydrogen-bond donors (Lipinski definition) is 0. The highest BCUT2D eigenvalue weighted by atomic mass is 16.5. The minimum absolute atomic E-state index is 0.674. The lowest BCUT2D eigenvalue weighted by Gasteiger charge is -1.92. The fourth-order valence-electron chi connectivity index (χ4n) is 0.342. The molecule has 0 spiro atoms. The average Bonchev–Trinajstić information content (AvgIpc) is 2.08. The third-order valence-electron chi connectivity index (χ3n) is 0.848. The zero-order valence-electron chi connectivity index (χ0n) is 7.92. The lowest BCUT2D eigenvalue weighted by Crippen LogP contribution is -1.74. The smallest absolute Gasteiger partial charge is 0.111 e. The molecular formula is C10H18O. The van der Waals surface area contributed by atoms with E-state index in [0.717, 1.165) is 0 Å². The SMILES string of the molecule is C=C(/C=C\C=C/C)OC.CC. The maximum Gasteiger partial charge on any atom is 0.111 e. The number of methoxy groups -OCH3 is 1. The van der Waals surface area contributed by atoms with Crippen molar-refractivity contribution >= 4 is 0 Å². The molecule has 0 atom stereocenters. The largest absolute Gasteiger partial charge is 0.497 e. The van der Waals surface area contributed by atoms with Crippen LogP contribution in [0.4, 0.5) is 0 Å². The highest BCUT2D eigenvalue weighted by Crippen LogP contribution is 1.91. The minimum atomic E-state index is 0.674. The second-order valence-corrected chi connectivity index (χ2v) is 1.56. The highest BCUT2D eigenvalue weighted by molar-refractivity contribution is 5.13. The Morgan fingerprint density at radius 3 is 2.18 bits per heavy atom. The molecular weight excluding hydrogens is 136 g/mol. The zero-order chi connectivity index (χ0) is 9.11. The predicted molar refractivity (Wildman–Crippen MR) is 51.5 cm³/mol. The van der Waals surface area contributed by atoms with Gasteiger partial charge in [-0.25, -0.2) is 0 Å². The summed E-state index contributed by atoms with van der Waals surface area (Å²) in [6.45, 7) is 9.56. The second kappa shape index (κ2) is 11.8. The van der Waals surface area contributed by atoms with Crippen LogP contribution in [0, 0.1) is 0 Å². The molecule has 0 unspecified atom stereocenters. The Morgan fingerprint density at radius 2 is 1.82 bits per heavy atom. The van der Waals surface area contributed by atoms with E-state index >= 15 is 0 Å². The summed E-state index contributed by atoms with van der Waals surface area (Å²) >= 11 is 0. The van der Waals surface area contributed by atoms with Gasteiger partial charge < -0.3 is 4.74 Å². The van der Waals surface area contributed by atoms with E-state index < -0.39 is 0 Å². The van der Waals surface area contributed by atoms with Crippen molar-refractivity contribution in [2.24, 2.45) is 0 Å². The maximum absolute atomic E-state index is 4.78. The van der Waals surface area contributed by atoms with Crippen LogP contribution in [0.5, 0.6) is 0 Å². The van der Waals surface area contributed by atoms with E-state index in [4.69, 9.17) is 4.74 Å². The Labute approximate surface area is 70.1 Å². The van der Waals surface area contributed by atoms with Gasteiger partial charge in [-0.2, -0.15) is 0 Å². The summed E-state index contributed by atoms with van der Waals surface area (Å²) in [5, 5.41) is 0. The minimum Gasteiger partial charge on any atom is -0.497 e. The van der Waals surface area contributed by atoms with E-state index in [2.05, 4.69) is 6.58 Å². The third kappa shape index (κ3) is 12.3. The number of rotatable bonds is 3. The van der Waals surface area contributed by atoms with Gasteiger partial charge in [-0.1, -0.05) is 38.7 Å². The monoisotopic (exact) mass is 154 g/mol. The van der Waals surface area contributed by atoms with Crippen LogP contribution in [0.1, 0.15) is 20.8 Å². The Morgan fingerprint density at radius 1 is 1.27 bits per heavy atom. The number of allylic oxidation sites excluding steroid dienone is 4. The van der Waals surface area contributed by atoms with Gasteiger partial charge in [-0.05, 0) is 13.0 Å². The van der Waals surface area contributed by atoms with Gasteiger partial charge in [0.05, 0.1) is 7.11 Å². The predicted octanol–water partition coefficient (Wildman–Crippen LogP) is 3.31. The van der Waals surface area contributed by atoms with Crippen LogP contribution in [-0.4, -0.2) is 7.11 Å². The van der Waals surface area contributed by atoms with Gasteiger partial charge in [-0.15, -0.1) is 0 Å². The molecule has 0 radical (unpaired) electrons. The summed E-state index contributed by atoms with van der Waals surface area (Å²) in [5.41, 5.74) is 0. The average molecular weight is 154 g/mol. The molecule has 0 saturated heterocycles. The van der Waals surface area contributed by atoms with Gasteiger partial charge >= 0.3 is 0 Å². The first-order valence-electron chi connectivity index (χ1n) is 3.83. The topological polar surface area (TPSA) is 9.23 Å². The van der Waals surface area contributed by atoms with Crippen LogP contribution < -0.4 is 0 Å². The van der Waals surface area contributed by atoms with Gasteiger partial charge in [0.1, 0.15) is 5.76 Å². The molecule has 0 aromatic heterocycles. The van der Waals surface area contributed by atoms with Gasteiger partial charge in [-0.3, -0.25) is 0 Å². The normalized spacial score (nSPS) is 9.45. The molecule has 0 N–H and O–H groups in total. The first-order valence-corrected chi connectivity index (χ1v) is 3.83.